The summed E-state index contributed by atoms with van der Waals surface area (Å²) >= 11 is 9.03. The van der Waals surface area contributed by atoms with E-state index in [1.165, 1.54) is 0 Å². The van der Waals surface area contributed by atoms with Gasteiger partial charge in [0.2, 0.25) is 0 Å². The van der Waals surface area contributed by atoms with Crippen LogP contribution in [0, 0.1) is 6.92 Å². The van der Waals surface area contributed by atoms with Crippen LogP contribution in [0.15, 0.2) is 10.7 Å². The van der Waals surface area contributed by atoms with Crippen molar-refractivity contribution in [3.8, 4) is 0 Å². The molecule has 1 aromatic heterocycles. The summed E-state index contributed by atoms with van der Waals surface area (Å²) in [4.78, 5) is 10.4. The van der Waals surface area contributed by atoms with Gasteiger partial charge in [0.15, 0.2) is 0 Å². The molecule has 0 spiro atoms. The number of hydrogen-bond donors (Lipinski definition) is 0. The number of halogens is 2. The van der Waals surface area contributed by atoms with Crippen molar-refractivity contribution in [1.82, 2.24) is 9.97 Å². The Kier molecular flexibility index (Phi) is 3.93. The minimum absolute atomic E-state index is 0.589. The van der Waals surface area contributed by atoms with Crippen molar-refractivity contribution >= 4 is 33.3 Å². The first-order valence-electron chi connectivity index (χ1n) is 3.91. The van der Waals surface area contributed by atoms with Crippen LogP contribution in [0.25, 0.3) is 0 Å². The molecule has 1 rings (SSSR count). The molecule has 0 aromatic carbocycles. The van der Waals surface area contributed by atoms with Crippen LogP contribution in [-0.4, -0.2) is 29.4 Å². The lowest BCUT2D eigenvalue weighted by Gasteiger charge is -2.17. The minimum Gasteiger partial charge on any atom is -0.357 e. The summed E-state index contributed by atoms with van der Waals surface area (Å²) in [5, 5.41) is 0. The number of nitrogens with zero attached hydrogens (tertiary/aromatic N) is 3. The summed E-state index contributed by atoms with van der Waals surface area (Å²) in [6.07, 6.45) is 1.75. The fourth-order valence-corrected chi connectivity index (χ4v) is 1.69. The van der Waals surface area contributed by atoms with Gasteiger partial charge in [0, 0.05) is 25.7 Å². The first-order chi connectivity index (χ1) is 6.15. The highest BCUT2D eigenvalue weighted by atomic mass is 79.9. The Labute approximate surface area is 91.3 Å². The Hall–Kier alpha value is -0.350. The van der Waals surface area contributed by atoms with Crippen molar-refractivity contribution in [3.05, 3.63) is 16.5 Å². The standard InChI is InChI=1S/C8H11BrClN3/c1-6-11-5-7(9)8(12-6)13(2)4-3-10/h5H,3-4H2,1-2H3. The molecule has 0 saturated heterocycles. The van der Waals surface area contributed by atoms with Crippen LogP contribution in [0.3, 0.4) is 0 Å². The predicted octanol–water partition coefficient (Wildman–Crippen LogP) is 2.22. The molecule has 5 heteroatoms. The van der Waals surface area contributed by atoms with E-state index in [0.717, 1.165) is 22.7 Å². The second kappa shape index (κ2) is 4.77. The van der Waals surface area contributed by atoms with Crippen molar-refractivity contribution in [3.63, 3.8) is 0 Å². The topological polar surface area (TPSA) is 29.0 Å². The number of anilines is 1. The van der Waals surface area contributed by atoms with E-state index in [1.54, 1.807) is 6.20 Å². The number of aromatic nitrogens is 2. The van der Waals surface area contributed by atoms with Gasteiger partial charge in [-0.3, -0.25) is 0 Å². The molecule has 0 N–H and O–H groups in total. The van der Waals surface area contributed by atoms with Gasteiger partial charge >= 0.3 is 0 Å². The molecule has 1 heterocycles. The molecule has 3 nitrogen and oxygen atoms in total. The molecule has 0 aliphatic carbocycles. The molecule has 0 fully saturated rings. The van der Waals surface area contributed by atoms with Crippen molar-refractivity contribution in [1.29, 1.82) is 0 Å². The zero-order valence-electron chi connectivity index (χ0n) is 7.59. The van der Waals surface area contributed by atoms with Crippen LogP contribution >= 0.6 is 27.5 Å². The van der Waals surface area contributed by atoms with E-state index < -0.39 is 0 Å². The molecule has 0 aliphatic rings. The summed E-state index contributed by atoms with van der Waals surface area (Å²) in [5.74, 6) is 2.24. The maximum Gasteiger partial charge on any atom is 0.146 e. The highest BCUT2D eigenvalue weighted by molar-refractivity contribution is 9.10. The van der Waals surface area contributed by atoms with Gasteiger partial charge in [0.05, 0.1) is 4.47 Å². The Morgan fingerprint density at radius 2 is 2.31 bits per heavy atom. The molecule has 0 atom stereocenters. The van der Waals surface area contributed by atoms with E-state index in [-0.39, 0.29) is 0 Å². The van der Waals surface area contributed by atoms with Crippen LogP contribution in [0.5, 0.6) is 0 Å². The van der Waals surface area contributed by atoms with Crippen molar-refractivity contribution in [2.45, 2.75) is 6.92 Å². The van der Waals surface area contributed by atoms with E-state index in [4.69, 9.17) is 11.6 Å². The fraction of sp³-hybridized carbons (Fsp3) is 0.500. The third kappa shape index (κ3) is 2.81. The molecule has 72 valence electrons. The summed E-state index contributed by atoms with van der Waals surface area (Å²) in [7, 11) is 1.95. The van der Waals surface area contributed by atoms with Gasteiger partial charge < -0.3 is 4.90 Å². The SMILES string of the molecule is Cc1ncc(Br)c(N(C)CCCl)n1. The average molecular weight is 265 g/mol. The number of alkyl halides is 1. The van der Waals surface area contributed by atoms with Gasteiger partial charge in [-0.1, -0.05) is 0 Å². The number of aryl methyl sites for hydroxylation is 1. The molecule has 0 radical (unpaired) electrons. The van der Waals surface area contributed by atoms with Crippen LogP contribution in [-0.2, 0) is 0 Å². The lowest BCUT2D eigenvalue weighted by Crippen LogP contribution is -2.21. The number of hydrogen-bond acceptors (Lipinski definition) is 3. The molecule has 13 heavy (non-hydrogen) atoms. The second-order valence-electron chi connectivity index (χ2n) is 2.70. The van der Waals surface area contributed by atoms with Crippen molar-refractivity contribution in [2.75, 3.05) is 24.4 Å². The largest absolute Gasteiger partial charge is 0.357 e. The maximum atomic E-state index is 5.64. The minimum atomic E-state index is 0.589. The van der Waals surface area contributed by atoms with E-state index in [1.807, 2.05) is 18.9 Å². The Bertz CT molecular complexity index is 293. The maximum absolute atomic E-state index is 5.64. The molecular formula is C8H11BrClN3. The van der Waals surface area contributed by atoms with Crippen molar-refractivity contribution < 1.29 is 0 Å². The van der Waals surface area contributed by atoms with Crippen LogP contribution in [0.1, 0.15) is 5.82 Å². The number of rotatable bonds is 3. The predicted molar refractivity (Wildman–Crippen MR) is 58.5 cm³/mol. The monoisotopic (exact) mass is 263 g/mol. The zero-order valence-corrected chi connectivity index (χ0v) is 9.93. The van der Waals surface area contributed by atoms with Crippen LogP contribution in [0.4, 0.5) is 5.82 Å². The lowest BCUT2D eigenvalue weighted by atomic mass is 10.5. The van der Waals surface area contributed by atoms with Gasteiger partial charge in [-0.05, 0) is 22.9 Å². The fourth-order valence-electron chi connectivity index (χ4n) is 0.944. The molecule has 0 unspecified atom stereocenters. The smallest absolute Gasteiger partial charge is 0.146 e. The summed E-state index contributed by atoms with van der Waals surface area (Å²) in [6.45, 7) is 2.64. The molecule has 1 aromatic rings. The molecule has 0 aliphatic heterocycles. The molecule has 0 amide bonds. The first-order valence-corrected chi connectivity index (χ1v) is 5.24. The van der Waals surface area contributed by atoms with Gasteiger partial charge in [0.1, 0.15) is 11.6 Å². The average Bonchev–Trinajstić information content (AvgIpc) is 2.09. The van der Waals surface area contributed by atoms with Gasteiger partial charge in [-0.25, -0.2) is 9.97 Å². The quantitative estimate of drug-likeness (QED) is 0.784. The zero-order chi connectivity index (χ0) is 9.84. The summed E-state index contributed by atoms with van der Waals surface area (Å²) in [5.41, 5.74) is 0. The molecular weight excluding hydrogens is 253 g/mol. The van der Waals surface area contributed by atoms with Crippen LogP contribution < -0.4 is 4.90 Å². The van der Waals surface area contributed by atoms with Crippen molar-refractivity contribution in [2.24, 2.45) is 0 Å². The third-order valence-corrected chi connectivity index (χ3v) is 2.36. The van der Waals surface area contributed by atoms with Gasteiger partial charge in [-0.15, -0.1) is 11.6 Å². The normalized spacial score (nSPS) is 10.2. The van der Waals surface area contributed by atoms with E-state index in [9.17, 15) is 0 Å². The third-order valence-electron chi connectivity index (χ3n) is 1.63. The Balaban J connectivity index is 2.91. The molecule has 0 bridgehead atoms. The van der Waals surface area contributed by atoms with E-state index in [2.05, 4.69) is 25.9 Å². The van der Waals surface area contributed by atoms with Gasteiger partial charge in [-0.2, -0.15) is 0 Å². The molecule has 0 saturated carbocycles. The lowest BCUT2D eigenvalue weighted by molar-refractivity contribution is 0.909. The van der Waals surface area contributed by atoms with Gasteiger partial charge in [0.25, 0.3) is 0 Å². The Morgan fingerprint density at radius 1 is 1.62 bits per heavy atom. The highest BCUT2D eigenvalue weighted by Crippen LogP contribution is 2.21. The van der Waals surface area contributed by atoms with Crippen LogP contribution in [0.2, 0.25) is 0 Å². The van der Waals surface area contributed by atoms with E-state index in [0.29, 0.717) is 5.88 Å². The Morgan fingerprint density at radius 3 is 2.92 bits per heavy atom. The van der Waals surface area contributed by atoms with E-state index >= 15 is 0 Å². The second-order valence-corrected chi connectivity index (χ2v) is 3.93. The summed E-state index contributed by atoms with van der Waals surface area (Å²) < 4.78 is 0.894. The summed E-state index contributed by atoms with van der Waals surface area (Å²) in [6, 6.07) is 0. The highest BCUT2D eigenvalue weighted by Gasteiger charge is 2.07. The first kappa shape index (κ1) is 10.7.